The molecule has 0 aliphatic carbocycles. The molecular weight excluding hydrogens is 600 g/mol. The Morgan fingerprint density at radius 3 is 1.75 bits per heavy atom. The molecule has 6 aliphatic heterocycles. The van der Waals surface area contributed by atoms with Crippen molar-refractivity contribution in [2.24, 2.45) is 23.7 Å². The summed E-state index contributed by atoms with van der Waals surface area (Å²) < 4.78 is 10.7. The van der Waals surface area contributed by atoms with Crippen molar-refractivity contribution in [3.05, 3.63) is 84.7 Å². The molecule has 10 rings (SSSR count). The highest BCUT2D eigenvalue weighted by Crippen LogP contribution is 2.44. The summed E-state index contributed by atoms with van der Waals surface area (Å²) in [5.74, 6) is 4.38. The maximum Gasteiger partial charge on any atom is 0.119 e. The minimum Gasteiger partial charge on any atom is -0.497 e. The van der Waals surface area contributed by atoms with Crippen molar-refractivity contribution < 1.29 is 19.7 Å². The molecule has 10 atom stereocenters. The summed E-state index contributed by atoms with van der Waals surface area (Å²) in [6.45, 7) is 10.6. The van der Waals surface area contributed by atoms with Crippen molar-refractivity contribution in [2.75, 3.05) is 40.4 Å². The quantitative estimate of drug-likeness (QED) is 0.207. The van der Waals surface area contributed by atoms with Gasteiger partial charge in [0.25, 0.3) is 0 Å². The van der Waals surface area contributed by atoms with Gasteiger partial charge in [-0.15, -0.1) is 6.58 Å². The fourth-order valence-electron chi connectivity index (χ4n) is 9.15. The second-order valence-electron chi connectivity index (χ2n) is 14.2. The fraction of sp³-hybridized carbons (Fsp3) is 0.500. The predicted octanol–water partition coefficient (Wildman–Crippen LogP) is 6.57. The predicted molar refractivity (Wildman–Crippen MR) is 190 cm³/mol. The Labute approximate surface area is 284 Å². The maximum atomic E-state index is 11.2. The normalized spacial score (nSPS) is 30.4. The van der Waals surface area contributed by atoms with Gasteiger partial charge in [-0.3, -0.25) is 19.8 Å². The highest BCUT2D eigenvalue weighted by molar-refractivity contribution is 5.84. The molecule has 0 saturated carbocycles. The Morgan fingerprint density at radius 1 is 0.792 bits per heavy atom. The first-order chi connectivity index (χ1) is 23.4. The number of nitrogens with zero attached hydrogens (tertiary/aromatic N) is 4. The van der Waals surface area contributed by atoms with Crippen LogP contribution in [0.3, 0.4) is 0 Å². The van der Waals surface area contributed by atoms with E-state index in [0.717, 1.165) is 95.3 Å². The molecule has 0 amide bonds. The van der Waals surface area contributed by atoms with E-state index in [1.54, 1.807) is 26.6 Å². The zero-order valence-corrected chi connectivity index (χ0v) is 28.5. The van der Waals surface area contributed by atoms with Gasteiger partial charge < -0.3 is 19.7 Å². The van der Waals surface area contributed by atoms with E-state index in [1.807, 2.05) is 48.5 Å². The van der Waals surface area contributed by atoms with Gasteiger partial charge in [0.05, 0.1) is 37.5 Å². The summed E-state index contributed by atoms with van der Waals surface area (Å²) in [6, 6.07) is 16.0. The molecule has 2 aromatic carbocycles. The van der Waals surface area contributed by atoms with Crippen molar-refractivity contribution in [3.8, 4) is 11.5 Å². The van der Waals surface area contributed by atoms with Crippen molar-refractivity contribution in [1.29, 1.82) is 0 Å². The Hall–Kier alpha value is -3.56. The van der Waals surface area contributed by atoms with Crippen LogP contribution in [0.4, 0.5) is 0 Å². The Morgan fingerprint density at radius 2 is 1.31 bits per heavy atom. The van der Waals surface area contributed by atoms with Crippen LogP contribution in [0.5, 0.6) is 11.5 Å². The van der Waals surface area contributed by atoms with E-state index in [-0.39, 0.29) is 12.1 Å². The lowest BCUT2D eigenvalue weighted by atomic mass is 9.72. The van der Waals surface area contributed by atoms with Crippen LogP contribution in [-0.4, -0.2) is 82.5 Å². The van der Waals surface area contributed by atoms with Crippen LogP contribution < -0.4 is 9.47 Å². The molecule has 2 N–H and O–H groups in total. The minimum atomic E-state index is -0.504. The van der Waals surface area contributed by atoms with Crippen molar-refractivity contribution >= 4 is 21.8 Å². The summed E-state index contributed by atoms with van der Waals surface area (Å²) in [4.78, 5) is 13.8. The summed E-state index contributed by atoms with van der Waals surface area (Å²) in [5.41, 5.74) is 3.73. The number of hydrogen-bond donors (Lipinski definition) is 2. The van der Waals surface area contributed by atoms with Gasteiger partial charge >= 0.3 is 0 Å². The Kier molecular flexibility index (Phi) is 9.70. The van der Waals surface area contributed by atoms with Crippen LogP contribution in [0, 0.1) is 23.7 Å². The third-order valence-electron chi connectivity index (χ3n) is 11.9. The molecule has 0 radical (unpaired) electrons. The summed E-state index contributed by atoms with van der Waals surface area (Å²) in [5, 5.41) is 24.3. The number of aliphatic hydroxyl groups excluding tert-OH is 2. The van der Waals surface area contributed by atoms with Crippen molar-refractivity contribution in [1.82, 2.24) is 19.8 Å². The number of aliphatic hydroxyl groups is 2. The molecule has 8 nitrogen and oxygen atoms in total. The topological polar surface area (TPSA) is 91.2 Å². The van der Waals surface area contributed by atoms with Crippen LogP contribution in [0.2, 0.25) is 0 Å². The van der Waals surface area contributed by atoms with Crippen LogP contribution in [-0.2, 0) is 0 Å². The van der Waals surface area contributed by atoms with E-state index in [9.17, 15) is 10.2 Å². The van der Waals surface area contributed by atoms with Gasteiger partial charge in [0.2, 0.25) is 0 Å². The largest absolute Gasteiger partial charge is 0.497 e. The van der Waals surface area contributed by atoms with Gasteiger partial charge in [-0.05, 0) is 122 Å². The SMILES string of the molecule is C=C[C@H]1C[N@]2CC[C@H]1C[C@@H]2[C@@H](O)c1ccnc2ccc(OC)cc12.CC[C@H]1C[N@]2CC[C@H]1C[C@H]2[C@H](O)c1ccnc2ccc(OC)cc12. The van der Waals surface area contributed by atoms with Gasteiger partial charge in [-0.1, -0.05) is 19.4 Å². The number of fused-ring (bicyclic) bond motifs is 8. The van der Waals surface area contributed by atoms with Crippen LogP contribution in [0.25, 0.3) is 21.8 Å². The Balaban J connectivity index is 0.000000152. The van der Waals surface area contributed by atoms with E-state index < -0.39 is 12.2 Å². The molecule has 2 aromatic heterocycles. The highest BCUT2D eigenvalue weighted by Gasteiger charge is 2.43. The number of rotatable bonds is 8. The number of aromatic nitrogens is 2. The lowest BCUT2D eigenvalue weighted by Gasteiger charge is -2.51. The molecule has 6 fully saturated rings. The van der Waals surface area contributed by atoms with Gasteiger partial charge in [0, 0.05) is 48.3 Å². The number of hydrogen-bond acceptors (Lipinski definition) is 8. The van der Waals surface area contributed by atoms with E-state index in [2.05, 4.69) is 39.3 Å². The molecule has 8 heteroatoms. The lowest BCUT2D eigenvalue weighted by molar-refractivity contribution is -0.0562. The first-order valence-corrected chi connectivity index (χ1v) is 17.7. The monoisotopic (exact) mass is 650 g/mol. The number of ether oxygens (including phenoxy) is 2. The van der Waals surface area contributed by atoms with Crippen molar-refractivity contribution in [2.45, 2.75) is 63.3 Å². The summed E-state index contributed by atoms with van der Waals surface area (Å²) in [7, 11) is 3.33. The van der Waals surface area contributed by atoms with Gasteiger partial charge in [-0.2, -0.15) is 0 Å². The molecular formula is C40H50N4O4. The van der Waals surface area contributed by atoms with Gasteiger partial charge in [0.15, 0.2) is 0 Å². The molecule has 254 valence electrons. The van der Waals surface area contributed by atoms with E-state index >= 15 is 0 Å². The standard InChI is InChI=1S/C20H26N2O2.C20H24N2O2/c2*1-3-13-12-22-9-7-14(13)10-19(22)20(23)16-6-8-21-18-5-4-15(24-2)11-17(16)18/h4-6,8,11,13-14,19-20,23H,3,7,9-10,12H2,1-2H3;3-6,8,11,13-14,19-20,23H,1,7,9-10,12H2,2H3/t13-,14-,19-,20+;13-,14-,19+,20-/m00/s1. The fourth-order valence-corrected chi connectivity index (χ4v) is 9.15. The third kappa shape index (κ3) is 6.20. The van der Waals surface area contributed by atoms with Crippen molar-refractivity contribution in [3.63, 3.8) is 0 Å². The van der Waals surface area contributed by atoms with Crippen LogP contribution in [0.15, 0.2) is 73.6 Å². The first kappa shape index (κ1) is 33.0. The number of benzene rings is 2. The average molecular weight is 651 g/mol. The molecule has 0 spiro atoms. The third-order valence-corrected chi connectivity index (χ3v) is 11.9. The molecule has 48 heavy (non-hydrogen) atoms. The number of piperidine rings is 6. The lowest BCUT2D eigenvalue weighted by Crippen LogP contribution is -2.55. The zero-order chi connectivity index (χ0) is 33.4. The van der Waals surface area contributed by atoms with Gasteiger partial charge in [0.1, 0.15) is 11.5 Å². The van der Waals surface area contributed by atoms with Gasteiger partial charge in [-0.25, -0.2) is 0 Å². The molecule has 6 aliphatic rings. The maximum absolute atomic E-state index is 11.2. The smallest absolute Gasteiger partial charge is 0.119 e. The second kappa shape index (κ2) is 14.1. The highest BCUT2D eigenvalue weighted by atomic mass is 16.5. The second-order valence-corrected chi connectivity index (χ2v) is 14.2. The zero-order valence-electron chi connectivity index (χ0n) is 28.5. The first-order valence-electron chi connectivity index (χ1n) is 17.7. The minimum absolute atomic E-state index is 0.178. The molecule has 4 aromatic rings. The molecule has 8 heterocycles. The number of methoxy groups -OCH3 is 2. The Bertz CT molecular complexity index is 1750. The van der Waals surface area contributed by atoms with E-state index in [1.165, 1.54) is 19.3 Å². The summed E-state index contributed by atoms with van der Waals surface area (Å²) in [6.07, 6.45) is 10.6. The average Bonchev–Trinajstić information content (AvgIpc) is 3.16. The molecule has 6 saturated heterocycles. The van der Waals surface area contributed by atoms with E-state index in [0.29, 0.717) is 11.8 Å². The molecule has 0 unspecified atom stereocenters. The number of pyridine rings is 2. The molecule has 4 bridgehead atoms. The van der Waals surface area contributed by atoms with Crippen LogP contribution in [0.1, 0.15) is 62.4 Å². The van der Waals surface area contributed by atoms with E-state index in [4.69, 9.17) is 9.47 Å². The van der Waals surface area contributed by atoms with Crippen LogP contribution >= 0.6 is 0 Å². The summed E-state index contributed by atoms with van der Waals surface area (Å²) >= 11 is 0.